The molecule has 6 nitrogen and oxygen atoms in total. The fourth-order valence-corrected chi connectivity index (χ4v) is 1.96. The number of hydrogen-bond donors (Lipinski definition) is 3. The maximum Gasteiger partial charge on any atom is 0.243 e. The zero-order valence-electron chi connectivity index (χ0n) is 10.1. The minimum Gasteiger partial charge on any atom is -0.390 e. The van der Waals surface area contributed by atoms with Crippen LogP contribution in [-0.2, 0) is 0 Å². The van der Waals surface area contributed by atoms with Crippen LogP contribution in [0, 0.1) is 13.8 Å². The van der Waals surface area contributed by atoms with Gasteiger partial charge in [-0.25, -0.2) is 4.98 Å². The van der Waals surface area contributed by atoms with Crippen LogP contribution in [0.5, 0.6) is 0 Å². The number of nitrogens with one attached hydrogen (secondary N) is 1. The average molecular weight is 238 g/mol. The van der Waals surface area contributed by atoms with Crippen molar-refractivity contribution in [2.24, 2.45) is 0 Å². The van der Waals surface area contributed by atoms with E-state index < -0.39 is 12.2 Å². The maximum absolute atomic E-state index is 9.58. The summed E-state index contributed by atoms with van der Waals surface area (Å²) in [7, 11) is 0. The molecule has 1 unspecified atom stereocenters. The summed E-state index contributed by atoms with van der Waals surface area (Å²) in [6, 6.07) is 0.0947. The summed E-state index contributed by atoms with van der Waals surface area (Å²) in [4.78, 5) is 4.28. The molecular weight excluding hydrogens is 220 g/mol. The summed E-state index contributed by atoms with van der Waals surface area (Å²) in [5.41, 5.74) is 1.66. The number of hydrogen-bond acceptors (Lipinski definition) is 6. The lowest BCUT2D eigenvalue weighted by Crippen LogP contribution is -2.39. The van der Waals surface area contributed by atoms with Gasteiger partial charge in [0.2, 0.25) is 5.95 Å². The van der Waals surface area contributed by atoms with Crippen LogP contribution >= 0.6 is 0 Å². The van der Waals surface area contributed by atoms with Gasteiger partial charge in [-0.15, -0.1) is 5.10 Å². The largest absolute Gasteiger partial charge is 0.390 e. The first-order chi connectivity index (χ1) is 8.06. The fourth-order valence-electron chi connectivity index (χ4n) is 1.96. The number of aliphatic hydroxyl groups is 2. The smallest absolute Gasteiger partial charge is 0.243 e. The highest BCUT2D eigenvalue weighted by atomic mass is 16.3. The second kappa shape index (κ2) is 4.93. The number of rotatable bonds is 2. The van der Waals surface area contributed by atoms with E-state index in [2.05, 4.69) is 20.5 Å². The average Bonchev–Trinajstić information content (AvgIpc) is 2.29. The van der Waals surface area contributed by atoms with Crippen LogP contribution in [0.4, 0.5) is 5.95 Å². The van der Waals surface area contributed by atoms with Crippen molar-refractivity contribution < 1.29 is 10.2 Å². The molecule has 3 atom stereocenters. The molecule has 1 heterocycles. The molecule has 3 N–H and O–H groups in total. The topological polar surface area (TPSA) is 91.2 Å². The molecule has 1 aromatic rings. The van der Waals surface area contributed by atoms with Gasteiger partial charge in [0.15, 0.2) is 0 Å². The van der Waals surface area contributed by atoms with Crippen LogP contribution in [0.25, 0.3) is 0 Å². The second-order valence-corrected chi connectivity index (χ2v) is 4.60. The van der Waals surface area contributed by atoms with Gasteiger partial charge < -0.3 is 15.5 Å². The van der Waals surface area contributed by atoms with Crippen molar-refractivity contribution in [1.29, 1.82) is 0 Å². The van der Waals surface area contributed by atoms with Crippen LogP contribution < -0.4 is 5.32 Å². The predicted octanol–water partition coefficient (Wildman–Crippen LogP) is 0.175. The second-order valence-electron chi connectivity index (χ2n) is 4.60. The van der Waals surface area contributed by atoms with Crippen molar-refractivity contribution in [2.75, 3.05) is 5.32 Å². The van der Waals surface area contributed by atoms with Gasteiger partial charge in [-0.05, 0) is 33.1 Å². The van der Waals surface area contributed by atoms with E-state index in [0.717, 1.165) is 17.8 Å². The molecule has 0 amide bonds. The molecule has 1 aromatic heterocycles. The van der Waals surface area contributed by atoms with Crippen LogP contribution in [-0.4, -0.2) is 43.6 Å². The molecular formula is C11H18N4O2. The van der Waals surface area contributed by atoms with Gasteiger partial charge >= 0.3 is 0 Å². The summed E-state index contributed by atoms with van der Waals surface area (Å²) < 4.78 is 0. The molecule has 0 saturated heterocycles. The Morgan fingerprint density at radius 2 is 1.82 bits per heavy atom. The highest BCUT2D eigenvalue weighted by molar-refractivity contribution is 5.26. The van der Waals surface area contributed by atoms with Crippen LogP contribution in [0.1, 0.15) is 30.7 Å². The van der Waals surface area contributed by atoms with E-state index in [0.29, 0.717) is 18.8 Å². The molecule has 17 heavy (non-hydrogen) atoms. The van der Waals surface area contributed by atoms with Gasteiger partial charge in [0.05, 0.1) is 23.6 Å². The zero-order chi connectivity index (χ0) is 12.4. The van der Waals surface area contributed by atoms with Crippen LogP contribution in [0.2, 0.25) is 0 Å². The summed E-state index contributed by atoms with van der Waals surface area (Å²) in [5.74, 6) is 0.488. The standard InChI is InChI=1S/C11H18N4O2/c1-6-7(2)14-15-11(12-6)13-8-3-4-9(16)10(17)5-8/h8-10,16-17H,3-5H2,1-2H3,(H,12,13,15)/t8?,9-,10+/m1/s1. The third-order valence-electron chi connectivity index (χ3n) is 3.21. The van der Waals surface area contributed by atoms with E-state index >= 15 is 0 Å². The Hall–Kier alpha value is -1.27. The predicted molar refractivity (Wildman–Crippen MR) is 62.6 cm³/mol. The maximum atomic E-state index is 9.58. The molecule has 0 bridgehead atoms. The van der Waals surface area contributed by atoms with Gasteiger partial charge in [-0.3, -0.25) is 0 Å². The molecule has 94 valence electrons. The van der Waals surface area contributed by atoms with E-state index in [1.54, 1.807) is 0 Å². The first kappa shape index (κ1) is 12.2. The van der Waals surface area contributed by atoms with E-state index in [1.165, 1.54) is 0 Å². The number of aliphatic hydroxyl groups excluding tert-OH is 2. The monoisotopic (exact) mass is 238 g/mol. The Morgan fingerprint density at radius 1 is 1.06 bits per heavy atom. The SMILES string of the molecule is Cc1nnc(NC2CC[C@@H](O)[C@@H](O)C2)nc1C. The summed E-state index contributed by atoms with van der Waals surface area (Å²) in [6.45, 7) is 3.74. The minimum absolute atomic E-state index is 0.0947. The lowest BCUT2D eigenvalue weighted by Gasteiger charge is -2.30. The van der Waals surface area contributed by atoms with Crippen molar-refractivity contribution in [2.45, 2.75) is 51.4 Å². The number of nitrogens with zero attached hydrogens (tertiary/aromatic N) is 3. The molecule has 0 aromatic carbocycles. The Bertz CT molecular complexity index is 399. The molecule has 1 aliphatic rings. The van der Waals surface area contributed by atoms with Gasteiger partial charge in [0, 0.05) is 6.04 Å². The Morgan fingerprint density at radius 3 is 2.47 bits per heavy atom. The van der Waals surface area contributed by atoms with Gasteiger partial charge in [0.1, 0.15) is 0 Å². The van der Waals surface area contributed by atoms with Crippen LogP contribution in [0.3, 0.4) is 0 Å². The molecule has 1 aliphatic carbocycles. The van der Waals surface area contributed by atoms with Crippen molar-refractivity contribution in [3.8, 4) is 0 Å². The summed E-state index contributed by atoms with van der Waals surface area (Å²) in [5, 5.41) is 30.1. The Labute approximate surface area is 100 Å². The molecule has 6 heteroatoms. The van der Waals surface area contributed by atoms with Crippen molar-refractivity contribution in [3.05, 3.63) is 11.4 Å². The number of aryl methyl sites for hydroxylation is 2. The first-order valence-corrected chi connectivity index (χ1v) is 5.87. The molecule has 2 rings (SSSR count). The molecule has 0 aliphatic heterocycles. The lowest BCUT2D eigenvalue weighted by molar-refractivity contribution is -0.0120. The fraction of sp³-hybridized carbons (Fsp3) is 0.727. The molecule has 1 fully saturated rings. The molecule has 0 spiro atoms. The third-order valence-corrected chi connectivity index (χ3v) is 3.21. The normalized spacial score (nSPS) is 29.1. The van der Waals surface area contributed by atoms with Crippen LogP contribution in [0.15, 0.2) is 0 Å². The van der Waals surface area contributed by atoms with Gasteiger partial charge in [0.25, 0.3) is 0 Å². The quantitative estimate of drug-likeness (QED) is 0.680. The lowest BCUT2D eigenvalue weighted by atomic mass is 9.91. The Balaban J connectivity index is 1.99. The number of anilines is 1. The van der Waals surface area contributed by atoms with E-state index in [-0.39, 0.29) is 6.04 Å². The number of aromatic nitrogens is 3. The highest BCUT2D eigenvalue weighted by Gasteiger charge is 2.27. The van der Waals surface area contributed by atoms with Crippen molar-refractivity contribution >= 4 is 5.95 Å². The van der Waals surface area contributed by atoms with E-state index in [4.69, 9.17) is 0 Å². The summed E-state index contributed by atoms with van der Waals surface area (Å²) >= 11 is 0. The van der Waals surface area contributed by atoms with Crippen molar-refractivity contribution in [3.63, 3.8) is 0 Å². The zero-order valence-corrected chi connectivity index (χ0v) is 10.1. The highest BCUT2D eigenvalue weighted by Crippen LogP contribution is 2.21. The third kappa shape index (κ3) is 2.89. The van der Waals surface area contributed by atoms with Gasteiger partial charge in [-0.2, -0.15) is 5.10 Å². The molecule has 0 radical (unpaired) electrons. The minimum atomic E-state index is -0.666. The van der Waals surface area contributed by atoms with Crippen molar-refractivity contribution in [1.82, 2.24) is 15.2 Å². The Kier molecular flexibility index (Phi) is 3.54. The molecule has 1 saturated carbocycles. The first-order valence-electron chi connectivity index (χ1n) is 5.87. The van der Waals surface area contributed by atoms with E-state index in [1.807, 2.05) is 13.8 Å². The van der Waals surface area contributed by atoms with E-state index in [9.17, 15) is 10.2 Å². The van der Waals surface area contributed by atoms with Gasteiger partial charge in [-0.1, -0.05) is 0 Å². The summed E-state index contributed by atoms with van der Waals surface area (Å²) in [6.07, 6.45) is 0.635.